The van der Waals surface area contributed by atoms with Gasteiger partial charge in [-0.3, -0.25) is 0 Å². The number of ether oxygens (including phenoxy) is 2. The quantitative estimate of drug-likeness (QED) is 0.442. The van der Waals surface area contributed by atoms with E-state index in [-0.39, 0.29) is 0 Å². The summed E-state index contributed by atoms with van der Waals surface area (Å²) in [5, 5.41) is 0.942. The van der Waals surface area contributed by atoms with Gasteiger partial charge in [0.05, 0.1) is 24.9 Å². The van der Waals surface area contributed by atoms with Crippen LogP contribution in [0.25, 0.3) is 33.3 Å². The Kier molecular flexibility index (Phi) is 4.85. The molecule has 0 N–H and O–H groups in total. The standard InChI is InChI=1S/C24H21NO3/c1-3-28-24(26)25-21-15-14-19(27-2)16-20(21)22(17-10-6-4-7-11-17)23(25)18-12-8-5-9-13-18/h4-16H,3H2,1-2H3. The van der Waals surface area contributed by atoms with Crippen LogP contribution >= 0.6 is 0 Å². The van der Waals surface area contributed by atoms with Gasteiger partial charge in [0.1, 0.15) is 5.75 Å². The molecule has 3 aromatic carbocycles. The summed E-state index contributed by atoms with van der Waals surface area (Å²) < 4.78 is 12.5. The molecule has 0 saturated carbocycles. The molecule has 4 heteroatoms. The van der Waals surface area contributed by atoms with E-state index in [1.807, 2.05) is 73.7 Å². The van der Waals surface area contributed by atoms with Crippen LogP contribution < -0.4 is 4.74 Å². The second-order valence-corrected chi connectivity index (χ2v) is 6.37. The largest absolute Gasteiger partial charge is 0.497 e. The summed E-state index contributed by atoms with van der Waals surface area (Å²) in [6.07, 6.45) is -0.390. The molecule has 28 heavy (non-hydrogen) atoms. The molecule has 0 bridgehead atoms. The Morgan fingerprint density at radius 1 is 0.893 bits per heavy atom. The van der Waals surface area contributed by atoms with Gasteiger partial charge in [0, 0.05) is 10.9 Å². The van der Waals surface area contributed by atoms with Crippen LogP contribution in [0, 0.1) is 0 Å². The number of aromatic nitrogens is 1. The van der Waals surface area contributed by atoms with E-state index in [9.17, 15) is 4.79 Å². The van der Waals surface area contributed by atoms with Crippen LogP contribution in [0.5, 0.6) is 5.75 Å². The monoisotopic (exact) mass is 371 g/mol. The van der Waals surface area contributed by atoms with E-state index in [4.69, 9.17) is 9.47 Å². The summed E-state index contributed by atoms with van der Waals surface area (Å²) in [4.78, 5) is 13.0. The third kappa shape index (κ3) is 3.03. The van der Waals surface area contributed by atoms with Gasteiger partial charge in [-0.1, -0.05) is 60.7 Å². The lowest BCUT2D eigenvalue weighted by atomic mass is 9.98. The highest BCUT2D eigenvalue weighted by molar-refractivity contribution is 6.09. The number of methoxy groups -OCH3 is 1. The first-order chi connectivity index (χ1) is 13.7. The molecular weight excluding hydrogens is 350 g/mol. The van der Waals surface area contributed by atoms with Gasteiger partial charge in [0.15, 0.2) is 0 Å². The molecule has 1 heterocycles. The van der Waals surface area contributed by atoms with E-state index in [2.05, 4.69) is 12.1 Å². The average molecular weight is 371 g/mol. The number of nitrogens with zero attached hydrogens (tertiary/aromatic N) is 1. The van der Waals surface area contributed by atoms with Gasteiger partial charge in [0.2, 0.25) is 0 Å². The zero-order valence-electron chi connectivity index (χ0n) is 15.9. The molecule has 0 unspecified atom stereocenters. The van der Waals surface area contributed by atoms with Gasteiger partial charge in [0.25, 0.3) is 0 Å². The second-order valence-electron chi connectivity index (χ2n) is 6.37. The Morgan fingerprint density at radius 2 is 1.54 bits per heavy atom. The lowest BCUT2D eigenvalue weighted by Gasteiger charge is -2.11. The van der Waals surface area contributed by atoms with Crippen molar-refractivity contribution >= 4 is 17.0 Å². The Labute approximate surface area is 163 Å². The Balaban J connectivity index is 2.15. The maximum Gasteiger partial charge on any atom is 0.418 e. The highest BCUT2D eigenvalue weighted by Gasteiger charge is 2.24. The van der Waals surface area contributed by atoms with Crippen molar-refractivity contribution in [2.24, 2.45) is 0 Å². The van der Waals surface area contributed by atoms with Crippen molar-refractivity contribution in [2.45, 2.75) is 6.92 Å². The highest BCUT2D eigenvalue weighted by Crippen LogP contribution is 2.42. The van der Waals surface area contributed by atoms with Crippen molar-refractivity contribution < 1.29 is 14.3 Å². The SMILES string of the molecule is CCOC(=O)n1c(-c2ccccc2)c(-c2ccccc2)c2cc(OC)ccc21. The fourth-order valence-corrected chi connectivity index (χ4v) is 3.54. The van der Waals surface area contributed by atoms with E-state index in [1.165, 1.54) is 0 Å². The minimum atomic E-state index is -0.390. The van der Waals surface area contributed by atoms with Crippen molar-refractivity contribution in [3.8, 4) is 28.1 Å². The fourth-order valence-electron chi connectivity index (χ4n) is 3.54. The first-order valence-electron chi connectivity index (χ1n) is 9.25. The van der Waals surface area contributed by atoms with Crippen LogP contribution in [0.4, 0.5) is 4.79 Å². The number of rotatable bonds is 4. The zero-order chi connectivity index (χ0) is 19.5. The van der Waals surface area contributed by atoms with Crippen LogP contribution in [0.3, 0.4) is 0 Å². The Bertz CT molecular complexity index is 1120. The first kappa shape index (κ1) is 17.9. The maximum absolute atomic E-state index is 13.0. The van der Waals surface area contributed by atoms with Crippen molar-refractivity contribution in [3.63, 3.8) is 0 Å². The topological polar surface area (TPSA) is 40.5 Å². The third-order valence-corrected chi connectivity index (χ3v) is 4.73. The van der Waals surface area contributed by atoms with Gasteiger partial charge in [-0.15, -0.1) is 0 Å². The minimum absolute atomic E-state index is 0.309. The number of hydrogen-bond donors (Lipinski definition) is 0. The van der Waals surface area contributed by atoms with Gasteiger partial charge in [-0.2, -0.15) is 0 Å². The van der Waals surface area contributed by atoms with Crippen LogP contribution in [-0.2, 0) is 4.74 Å². The van der Waals surface area contributed by atoms with Crippen molar-refractivity contribution in [3.05, 3.63) is 78.9 Å². The molecule has 0 aliphatic rings. The molecular formula is C24H21NO3. The molecule has 4 aromatic rings. The summed E-state index contributed by atoms with van der Waals surface area (Å²) in [6.45, 7) is 2.12. The van der Waals surface area contributed by atoms with Crippen LogP contribution in [-0.4, -0.2) is 24.4 Å². The van der Waals surface area contributed by atoms with Crippen LogP contribution in [0.1, 0.15) is 6.92 Å². The highest BCUT2D eigenvalue weighted by atomic mass is 16.5. The molecule has 4 nitrogen and oxygen atoms in total. The minimum Gasteiger partial charge on any atom is -0.497 e. The summed E-state index contributed by atoms with van der Waals surface area (Å²) in [5.74, 6) is 0.741. The number of carbonyl (C=O) groups excluding carboxylic acids is 1. The molecule has 0 aliphatic carbocycles. The van der Waals surface area contributed by atoms with Crippen LogP contribution in [0.15, 0.2) is 78.9 Å². The molecule has 0 spiro atoms. The predicted octanol–water partition coefficient (Wildman–Crippen LogP) is 5.99. The number of benzene rings is 3. The molecule has 1 aromatic heterocycles. The maximum atomic E-state index is 13.0. The lowest BCUT2D eigenvalue weighted by Crippen LogP contribution is -2.14. The van der Waals surface area contributed by atoms with E-state index in [0.717, 1.165) is 39.0 Å². The number of hydrogen-bond acceptors (Lipinski definition) is 3. The van der Waals surface area contributed by atoms with Gasteiger partial charge >= 0.3 is 6.09 Å². The Hall–Kier alpha value is -3.53. The summed E-state index contributed by atoms with van der Waals surface area (Å²) >= 11 is 0. The molecule has 0 radical (unpaired) electrons. The van der Waals surface area contributed by atoms with Gasteiger partial charge in [-0.25, -0.2) is 9.36 Å². The molecule has 0 aliphatic heterocycles. The molecule has 140 valence electrons. The zero-order valence-corrected chi connectivity index (χ0v) is 15.9. The van der Waals surface area contributed by atoms with Crippen LogP contribution in [0.2, 0.25) is 0 Å². The number of fused-ring (bicyclic) bond motifs is 1. The lowest BCUT2D eigenvalue weighted by molar-refractivity contribution is 0.155. The van der Waals surface area contributed by atoms with E-state index >= 15 is 0 Å². The third-order valence-electron chi connectivity index (χ3n) is 4.73. The predicted molar refractivity (Wildman–Crippen MR) is 112 cm³/mol. The fraction of sp³-hybridized carbons (Fsp3) is 0.125. The smallest absolute Gasteiger partial charge is 0.418 e. The summed E-state index contributed by atoms with van der Waals surface area (Å²) in [7, 11) is 1.64. The number of carbonyl (C=O) groups is 1. The summed E-state index contributed by atoms with van der Waals surface area (Å²) in [6, 6.07) is 25.7. The van der Waals surface area contributed by atoms with Gasteiger partial charge in [-0.05, 0) is 36.2 Å². The van der Waals surface area contributed by atoms with E-state index < -0.39 is 6.09 Å². The normalized spacial score (nSPS) is 10.8. The molecule has 0 fully saturated rings. The van der Waals surface area contributed by atoms with Crippen molar-refractivity contribution in [1.29, 1.82) is 0 Å². The molecule has 0 amide bonds. The van der Waals surface area contributed by atoms with E-state index in [0.29, 0.717) is 6.61 Å². The van der Waals surface area contributed by atoms with Crippen molar-refractivity contribution in [2.75, 3.05) is 13.7 Å². The summed E-state index contributed by atoms with van der Waals surface area (Å²) in [5.41, 5.74) is 4.56. The average Bonchev–Trinajstić information content (AvgIpc) is 3.09. The second kappa shape index (κ2) is 7.61. The van der Waals surface area contributed by atoms with Gasteiger partial charge < -0.3 is 9.47 Å². The Morgan fingerprint density at radius 3 is 2.14 bits per heavy atom. The molecule has 0 saturated heterocycles. The van der Waals surface area contributed by atoms with Crippen molar-refractivity contribution in [1.82, 2.24) is 4.57 Å². The van der Waals surface area contributed by atoms with E-state index in [1.54, 1.807) is 11.7 Å². The molecule has 4 rings (SSSR count). The first-order valence-corrected chi connectivity index (χ1v) is 9.25. The molecule has 0 atom stereocenters.